The van der Waals surface area contributed by atoms with Gasteiger partial charge in [-0.25, -0.2) is 0 Å². The summed E-state index contributed by atoms with van der Waals surface area (Å²) in [7, 11) is 0. The lowest BCUT2D eigenvalue weighted by Gasteiger charge is -2.08. The van der Waals surface area contributed by atoms with E-state index in [2.05, 4.69) is 12.1 Å². The summed E-state index contributed by atoms with van der Waals surface area (Å²) >= 11 is 5.79. The molecule has 0 saturated heterocycles. The predicted molar refractivity (Wildman–Crippen MR) is 162 cm³/mol. The fourth-order valence-electron chi connectivity index (χ4n) is 4.00. The zero-order valence-electron chi connectivity index (χ0n) is 22.4. The third-order valence-electron chi connectivity index (χ3n) is 6.12. The number of benzene rings is 5. The van der Waals surface area contributed by atoms with Crippen molar-refractivity contribution in [2.24, 2.45) is 0 Å². The summed E-state index contributed by atoms with van der Waals surface area (Å²) in [5.41, 5.74) is 3.39. The average Bonchev–Trinajstić information content (AvgIpc) is 2.96. The normalized spacial score (nSPS) is 10.1. The standard InChI is InChI=1S/C15H16O2.C13H11ClO2.C6H6O2/c16-14-10-5-11-15(17)13(14)9-4-8-12-6-2-1-3-7-12;14-11-6-7-12(15)10(13(11)16)8-9-4-2-1-3-5-9;7-5-2-1-3-6(8)4-5/h1-3,5-7,10-11,16-17H,4,8-9H2;1-7,15-16H,8H2;1-4,7-8H. The molecule has 6 nitrogen and oxygen atoms in total. The largest absolute Gasteiger partial charge is 0.508 e. The molecule has 6 N–H and O–H groups in total. The predicted octanol–water partition coefficient (Wildman–Crippen LogP) is 7.71. The van der Waals surface area contributed by atoms with Gasteiger partial charge in [-0.05, 0) is 66.8 Å². The Balaban J connectivity index is 0.000000180. The van der Waals surface area contributed by atoms with Gasteiger partial charge in [-0.2, -0.15) is 0 Å². The number of aryl methyl sites for hydroxylation is 1. The van der Waals surface area contributed by atoms with Crippen LogP contribution in [0.25, 0.3) is 0 Å². The Hall–Kier alpha value is -4.81. The van der Waals surface area contributed by atoms with E-state index in [1.165, 1.54) is 35.9 Å². The van der Waals surface area contributed by atoms with Crippen LogP contribution in [0.3, 0.4) is 0 Å². The summed E-state index contributed by atoms with van der Waals surface area (Å²) in [5, 5.41) is 56.2. The van der Waals surface area contributed by atoms with Gasteiger partial charge in [0.25, 0.3) is 0 Å². The molecule has 0 saturated carbocycles. The monoisotopic (exact) mass is 572 g/mol. The van der Waals surface area contributed by atoms with Gasteiger partial charge in [0.15, 0.2) is 0 Å². The van der Waals surface area contributed by atoms with Crippen molar-refractivity contribution >= 4 is 11.6 Å². The average molecular weight is 573 g/mol. The molecule has 41 heavy (non-hydrogen) atoms. The lowest BCUT2D eigenvalue weighted by atomic mass is 10.0. The van der Waals surface area contributed by atoms with E-state index >= 15 is 0 Å². The second-order valence-electron chi connectivity index (χ2n) is 9.19. The Labute approximate surface area is 244 Å². The van der Waals surface area contributed by atoms with E-state index in [1.807, 2.05) is 48.5 Å². The molecule has 0 spiro atoms. The van der Waals surface area contributed by atoms with Gasteiger partial charge in [-0.15, -0.1) is 0 Å². The van der Waals surface area contributed by atoms with Crippen LogP contribution in [0.15, 0.2) is 115 Å². The first-order valence-electron chi connectivity index (χ1n) is 13.0. The van der Waals surface area contributed by atoms with Gasteiger partial charge < -0.3 is 30.6 Å². The van der Waals surface area contributed by atoms with E-state index in [4.69, 9.17) is 21.8 Å². The highest BCUT2D eigenvalue weighted by atomic mass is 35.5. The molecular weight excluding hydrogens is 540 g/mol. The highest BCUT2D eigenvalue weighted by molar-refractivity contribution is 6.32. The van der Waals surface area contributed by atoms with Gasteiger partial charge in [0.05, 0.1) is 5.02 Å². The van der Waals surface area contributed by atoms with Crippen molar-refractivity contribution in [1.29, 1.82) is 0 Å². The molecule has 0 bridgehead atoms. The van der Waals surface area contributed by atoms with E-state index in [1.54, 1.807) is 24.3 Å². The second-order valence-corrected chi connectivity index (χ2v) is 9.60. The maximum Gasteiger partial charge on any atom is 0.141 e. The molecule has 0 aliphatic carbocycles. The number of rotatable bonds is 6. The van der Waals surface area contributed by atoms with Gasteiger partial charge >= 0.3 is 0 Å². The van der Waals surface area contributed by atoms with E-state index < -0.39 is 0 Å². The molecule has 7 heteroatoms. The summed E-state index contributed by atoms with van der Waals surface area (Å²) in [4.78, 5) is 0. The zero-order chi connectivity index (χ0) is 29.6. The Morgan fingerprint density at radius 2 is 0.976 bits per heavy atom. The molecule has 0 aliphatic rings. The van der Waals surface area contributed by atoms with Gasteiger partial charge in [-0.1, -0.05) is 84.4 Å². The Bertz CT molecular complexity index is 1470. The van der Waals surface area contributed by atoms with Crippen molar-refractivity contribution in [3.05, 3.63) is 143 Å². The number of aromatic hydroxyl groups is 6. The van der Waals surface area contributed by atoms with Crippen LogP contribution in [0.2, 0.25) is 5.02 Å². The SMILES string of the molecule is Oc1ccc(Cl)c(O)c1Cc1ccccc1.Oc1cccc(O)c1.Oc1cccc(O)c1CCCc1ccccc1. The maximum atomic E-state index is 9.75. The molecule has 0 unspecified atom stereocenters. The van der Waals surface area contributed by atoms with Crippen molar-refractivity contribution in [2.45, 2.75) is 25.7 Å². The topological polar surface area (TPSA) is 121 Å². The van der Waals surface area contributed by atoms with Crippen molar-refractivity contribution in [2.75, 3.05) is 0 Å². The number of hydrogen-bond acceptors (Lipinski definition) is 6. The second kappa shape index (κ2) is 15.7. The summed E-state index contributed by atoms with van der Waals surface area (Å²) in [6, 6.07) is 33.5. The smallest absolute Gasteiger partial charge is 0.141 e. The summed E-state index contributed by atoms with van der Waals surface area (Å²) < 4.78 is 0. The summed E-state index contributed by atoms with van der Waals surface area (Å²) in [6.07, 6.45) is 3.01. The summed E-state index contributed by atoms with van der Waals surface area (Å²) in [5.74, 6) is 0.544. The quantitative estimate of drug-likeness (QED) is 0.124. The lowest BCUT2D eigenvalue weighted by Crippen LogP contribution is -1.91. The zero-order valence-corrected chi connectivity index (χ0v) is 23.1. The number of phenolic OH excluding ortho intramolecular Hbond substituents is 6. The molecule has 0 aliphatic heterocycles. The fourth-order valence-corrected chi connectivity index (χ4v) is 4.17. The minimum Gasteiger partial charge on any atom is -0.508 e. The molecule has 212 valence electrons. The molecule has 5 rings (SSSR count). The fraction of sp³-hybridized carbons (Fsp3) is 0.118. The first kappa shape index (κ1) is 30.7. The molecule has 0 radical (unpaired) electrons. The van der Waals surface area contributed by atoms with E-state index in [-0.39, 0.29) is 39.5 Å². The van der Waals surface area contributed by atoms with E-state index in [0.717, 1.165) is 18.4 Å². The maximum absolute atomic E-state index is 9.75. The Kier molecular flexibility index (Phi) is 11.8. The van der Waals surface area contributed by atoms with E-state index in [9.17, 15) is 20.4 Å². The number of phenols is 6. The van der Waals surface area contributed by atoms with Gasteiger partial charge in [0, 0.05) is 23.6 Å². The van der Waals surface area contributed by atoms with Crippen LogP contribution in [0, 0.1) is 0 Å². The first-order valence-corrected chi connectivity index (χ1v) is 13.4. The highest BCUT2D eigenvalue weighted by Crippen LogP contribution is 2.35. The molecule has 0 amide bonds. The molecule has 0 fully saturated rings. The first-order chi connectivity index (χ1) is 19.7. The van der Waals surface area contributed by atoms with Crippen LogP contribution in [0.1, 0.15) is 28.7 Å². The van der Waals surface area contributed by atoms with Crippen molar-refractivity contribution in [3.8, 4) is 34.5 Å². The summed E-state index contributed by atoms with van der Waals surface area (Å²) in [6.45, 7) is 0. The number of halogens is 1. The van der Waals surface area contributed by atoms with Crippen LogP contribution in [-0.2, 0) is 19.3 Å². The van der Waals surface area contributed by atoms with Crippen LogP contribution in [-0.4, -0.2) is 30.6 Å². The van der Waals surface area contributed by atoms with Crippen molar-refractivity contribution < 1.29 is 30.6 Å². The van der Waals surface area contributed by atoms with Crippen LogP contribution >= 0.6 is 11.6 Å². The molecular formula is C34H33ClO6. The van der Waals surface area contributed by atoms with Crippen LogP contribution in [0.4, 0.5) is 0 Å². The molecule has 0 heterocycles. The molecule has 0 atom stereocenters. The minimum absolute atomic E-state index is 0.0504. The Morgan fingerprint density at radius 1 is 0.463 bits per heavy atom. The van der Waals surface area contributed by atoms with Crippen LogP contribution in [0.5, 0.6) is 34.5 Å². The highest BCUT2D eigenvalue weighted by Gasteiger charge is 2.11. The van der Waals surface area contributed by atoms with Gasteiger partial charge in [0.1, 0.15) is 34.5 Å². The third-order valence-corrected chi connectivity index (χ3v) is 6.43. The van der Waals surface area contributed by atoms with Gasteiger partial charge in [0.2, 0.25) is 0 Å². The Morgan fingerprint density at radius 3 is 1.51 bits per heavy atom. The van der Waals surface area contributed by atoms with Crippen molar-refractivity contribution in [1.82, 2.24) is 0 Å². The third kappa shape index (κ3) is 10.0. The minimum atomic E-state index is -0.0504. The van der Waals surface area contributed by atoms with Crippen molar-refractivity contribution in [3.63, 3.8) is 0 Å². The number of hydrogen-bond donors (Lipinski definition) is 6. The van der Waals surface area contributed by atoms with Crippen LogP contribution < -0.4 is 0 Å². The van der Waals surface area contributed by atoms with E-state index in [0.29, 0.717) is 24.0 Å². The molecule has 5 aromatic carbocycles. The van der Waals surface area contributed by atoms with Gasteiger partial charge in [-0.3, -0.25) is 0 Å². The molecule has 0 aromatic heterocycles. The molecule has 5 aromatic rings. The lowest BCUT2D eigenvalue weighted by molar-refractivity contribution is 0.436.